The van der Waals surface area contributed by atoms with E-state index in [2.05, 4.69) is 15.5 Å². The van der Waals surface area contributed by atoms with Crippen LogP contribution in [0.2, 0.25) is 0 Å². The van der Waals surface area contributed by atoms with Crippen LogP contribution in [0.5, 0.6) is 0 Å². The molecule has 0 aliphatic carbocycles. The largest absolute Gasteiger partial charge is 0.325 e. The molecule has 0 atom stereocenters. The van der Waals surface area contributed by atoms with E-state index in [9.17, 15) is 4.79 Å². The maximum Gasteiger partial charge on any atom is 0.234 e. The number of aromatic nitrogens is 2. The zero-order chi connectivity index (χ0) is 14.5. The second kappa shape index (κ2) is 7.10. The SMILES string of the molecule is CSc1nnc(SCC(=O)Nc2c(C)cccc2C)s1. The lowest BCUT2D eigenvalue weighted by atomic mass is 10.1. The number of anilines is 1. The number of nitrogens with one attached hydrogen (secondary N) is 1. The number of hydrogen-bond donors (Lipinski definition) is 1. The van der Waals surface area contributed by atoms with Crippen molar-refractivity contribution in [3.63, 3.8) is 0 Å². The van der Waals surface area contributed by atoms with Gasteiger partial charge in [0.15, 0.2) is 8.68 Å². The normalized spacial score (nSPS) is 10.6. The number of para-hydroxylation sites is 1. The van der Waals surface area contributed by atoms with Crippen molar-refractivity contribution in [2.45, 2.75) is 22.5 Å². The molecule has 106 valence electrons. The van der Waals surface area contributed by atoms with Crippen LogP contribution in [-0.4, -0.2) is 28.1 Å². The van der Waals surface area contributed by atoms with Crippen LogP contribution in [0.4, 0.5) is 5.69 Å². The summed E-state index contributed by atoms with van der Waals surface area (Å²) in [4.78, 5) is 12.0. The van der Waals surface area contributed by atoms with E-state index >= 15 is 0 Å². The molecule has 2 aromatic rings. The lowest BCUT2D eigenvalue weighted by Crippen LogP contribution is -2.15. The van der Waals surface area contributed by atoms with Gasteiger partial charge in [-0.3, -0.25) is 4.79 Å². The second-order valence-corrected chi connectivity index (χ2v) is 7.40. The molecule has 0 aliphatic heterocycles. The molecule has 7 heteroatoms. The highest BCUT2D eigenvalue weighted by molar-refractivity contribution is 8.03. The molecule has 1 aromatic carbocycles. The van der Waals surface area contributed by atoms with Crippen molar-refractivity contribution in [3.8, 4) is 0 Å². The van der Waals surface area contributed by atoms with E-state index in [1.165, 1.54) is 23.1 Å². The summed E-state index contributed by atoms with van der Waals surface area (Å²) in [6.07, 6.45) is 1.96. The van der Waals surface area contributed by atoms with Gasteiger partial charge < -0.3 is 5.32 Å². The Labute approximate surface area is 130 Å². The number of rotatable bonds is 5. The van der Waals surface area contributed by atoms with Crippen molar-refractivity contribution in [1.29, 1.82) is 0 Å². The molecule has 20 heavy (non-hydrogen) atoms. The number of benzene rings is 1. The number of carbonyl (C=O) groups is 1. The molecule has 0 bridgehead atoms. The van der Waals surface area contributed by atoms with Gasteiger partial charge in [0.05, 0.1) is 5.75 Å². The van der Waals surface area contributed by atoms with Gasteiger partial charge in [0.25, 0.3) is 0 Å². The fourth-order valence-corrected chi connectivity index (χ4v) is 3.89. The summed E-state index contributed by atoms with van der Waals surface area (Å²) in [5.74, 6) is 0.324. The monoisotopic (exact) mass is 325 g/mol. The highest BCUT2D eigenvalue weighted by atomic mass is 32.2. The van der Waals surface area contributed by atoms with Gasteiger partial charge in [0, 0.05) is 5.69 Å². The maximum absolute atomic E-state index is 12.0. The minimum absolute atomic E-state index is 0.0201. The van der Waals surface area contributed by atoms with E-state index < -0.39 is 0 Å². The van der Waals surface area contributed by atoms with Gasteiger partial charge >= 0.3 is 0 Å². The minimum Gasteiger partial charge on any atom is -0.325 e. The second-order valence-electron chi connectivity index (χ2n) is 4.14. The van der Waals surface area contributed by atoms with E-state index in [-0.39, 0.29) is 5.91 Å². The Bertz CT molecular complexity index is 592. The van der Waals surface area contributed by atoms with Crippen molar-refractivity contribution in [3.05, 3.63) is 29.3 Å². The molecule has 0 saturated heterocycles. The van der Waals surface area contributed by atoms with E-state index in [0.29, 0.717) is 5.75 Å². The van der Waals surface area contributed by atoms with Crippen LogP contribution < -0.4 is 5.32 Å². The van der Waals surface area contributed by atoms with Crippen molar-refractivity contribution >= 4 is 46.5 Å². The van der Waals surface area contributed by atoms with Crippen LogP contribution >= 0.6 is 34.9 Å². The van der Waals surface area contributed by atoms with Crippen LogP contribution in [-0.2, 0) is 4.79 Å². The average Bonchev–Trinajstić information content (AvgIpc) is 2.89. The van der Waals surface area contributed by atoms with Gasteiger partial charge in [-0.25, -0.2) is 0 Å². The fourth-order valence-electron chi connectivity index (χ4n) is 1.65. The summed E-state index contributed by atoms with van der Waals surface area (Å²) in [7, 11) is 0. The maximum atomic E-state index is 12.0. The first-order valence-corrected chi connectivity index (χ1v) is 8.99. The Morgan fingerprint density at radius 1 is 1.25 bits per heavy atom. The quantitative estimate of drug-likeness (QED) is 0.851. The number of hydrogen-bond acceptors (Lipinski definition) is 6. The smallest absolute Gasteiger partial charge is 0.234 e. The minimum atomic E-state index is -0.0201. The zero-order valence-corrected chi connectivity index (χ0v) is 13.9. The van der Waals surface area contributed by atoms with Crippen molar-refractivity contribution in [1.82, 2.24) is 10.2 Å². The van der Waals surface area contributed by atoms with E-state index in [4.69, 9.17) is 0 Å². The molecule has 0 fully saturated rings. The third-order valence-electron chi connectivity index (χ3n) is 2.63. The van der Waals surface area contributed by atoms with Crippen LogP contribution in [0.3, 0.4) is 0 Å². The number of carbonyl (C=O) groups excluding carboxylic acids is 1. The molecule has 1 aromatic heterocycles. The average molecular weight is 325 g/mol. The summed E-state index contributed by atoms with van der Waals surface area (Å²) in [5.41, 5.74) is 3.05. The van der Waals surface area contributed by atoms with E-state index in [1.54, 1.807) is 11.8 Å². The zero-order valence-electron chi connectivity index (χ0n) is 11.5. The Balaban J connectivity index is 1.92. The van der Waals surface area contributed by atoms with Crippen molar-refractivity contribution in [2.75, 3.05) is 17.3 Å². The van der Waals surface area contributed by atoms with Crippen LogP contribution in [0, 0.1) is 13.8 Å². The molecule has 2 rings (SSSR count). The van der Waals surface area contributed by atoms with Gasteiger partial charge in [0.1, 0.15) is 0 Å². The number of nitrogens with zero attached hydrogens (tertiary/aromatic N) is 2. The number of amides is 1. The summed E-state index contributed by atoms with van der Waals surface area (Å²) < 4.78 is 1.74. The molecule has 0 aliphatic rings. The van der Waals surface area contributed by atoms with E-state index in [1.807, 2.05) is 38.3 Å². The highest BCUT2D eigenvalue weighted by Crippen LogP contribution is 2.27. The van der Waals surface area contributed by atoms with Gasteiger partial charge in [-0.2, -0.15) is 0 Å². The van der Waals surface area contributed by atoms with E-state index in [0.717, 1.165) is 25.5 Å². The molecule has 0 spiro atoms. The van der Waals surface area contributed by atoms with Crippen LogP contribution in [0.15, 0.2) is 26.9 Å². The molecule has 4 nitrogen and oxygen atoms in total. The van der Waals surface area contributed by atoms with Gasteiger partial charge in [-0.1, -0.05) is 53.1 Å². The third-order valence-corrected chi connectivity index (χ3v) is 5.67. The first kappa shape index (κ1) is 15.3. The fraction of sp³-hybridized carbons (Fsp3) is 0.308. The lowest BCUT2D eigenvalue weighted by molar-refractivity contribution is -0.113. The summed E-state index contributed by atoms with van der Waals surface area (Å²) >= 11 is 4.49. The topological polar surface area (TPSA) is 54.9 Å². The summed E-state index contributed by atoms with van der Waals surface area (Å²) in [6, 6.07) is 5.97. The molecule has 1 amide bonds. The predicted molar refractivity (Wildman–Crippen MR) is 87.0 cm³/mol. The first-order valence-electron chi connectivity index (χ1n) is 5.96. The lowest BCUT2D eigenvalue weighted by Gasteiger charge is -2.10. The number of thioether (sulfide) groups is 2. The molecule has 0 unspecified atom stereocenters. The third kappa shape index (κ3) is 3.97. The molecule has 0 saturated carbocycles. The Morgan fingerprint density at radius 2 is 1.90 bits per heavy atom. The Hall–Kier alpha value is -1.05. The van der Waals surface area contributed by atoms with Crippen LogP contribution in [0.25, 0.3) is 0 Å². The summed E-state index contributed by atoms with van der Waals surface area (Å²) in [5, 5.41) is 11.0. The molecule has 1 N–H and O–H groups in total. The highest BCUT2D eigenvalue weighted by Gasteiger charge is 2.10. The van der Waals surface area contributed by atoms with Crippen molar-refractivity contribution < 1.29 is 4.79 Å². The van der Waals surface area contributed by atoms with Gasteiger partial charge in [-0.15, -0.1) is 10.2 Å². The molecular formula is C13H15N3OS3. The van der Waals surface area contributed by atoms with Gasteiger partial charge in [0.2, 0.25) is 5.91 Å². The standard InChI is InChI=1S/C13H15N3OS3/c1-8-5-4-6-9(2)11(8)14-10(17)7-19-13-16-15-12(18-3)20-13/h4-6H,7H2,1-3H3,(H,14,17). The van der Waals surface area contributed by atoms with Crippen molar-refractivity contribution in [2.24, 2.45) is 0 Å². The summed E-state index contributed by atoms with van der Waals surface area (Å²) in [6.45, 7) is 3.98. The molecular weight excluding hydrogens is 310 g/mol. The molecule has 1 heterocycles. The Kier molecular flexibility index (Phi) is 5.45. The number of aryl methyl sites for hydroxylation is 2. The first-order chi connectivity index (χ1) is 9.60. The molecule has 0 radical (unpaired) electrons. The predicted octanol–water partition coefficient (Wildman–Crippen LogP) is 3.61. The Morgan fingerprint density at radius 3 is 2.50 bits per heavy atom. The van der Waals surface area contributed by atoms with Crippen LogP contribution in [0.1, 0.15) is 11.1 Å². The van der Waals surface area contributed by atoms with Gasteiger partial charge in [-0.05, 0) is 31.2 Å².